The predicted octanol–water partition coefficient (Wildman–Crippen LogP) is 4.28. The maximum atomic E-state index is 11.0. The van der Waals surface area contributed by atoms with Crippen LogP contribution < -0.4 is 10.6 Å². The first-order valence-corrected chi connectivity index (χ1v) is 13.0. The number of ether oxygens (including phenoxy) is 2. The molecule has 3 aromatic carbocycles. The van der Waals surface area contributed by atoms with Crippen molar-refractivity contribution < 1.29 is 19.5 Å². The highest BCUT2D eigenvalue weighted by atomic mass is 16.7. The molecule has 3 aromatic rings. The van der Waals surface area contributed by atoms with Crippen LogP contribution in [0.1, 0.15) is 36.0 Å². The first kappa shape index (κ1) is 26.1. The minimum atomic E-state index is -0.538. The monoisotopic (exact) mass is 518 g/mol. The number of rotatable bonds is 7. The third-order valence-electron chi connectivity index (χ3n) is 7.54. The SMILES string of the molecule is C[C@@H]1[C@H](CN2CCN(c3ccc([N+](=O)[O-])cc3)CC2)O[C@H](c2cccc(N)c2)O[C@@H]1c1ccc(CO)cc1. The van der Waals surface area contributed by atoms with Gasteiger partial charge >= 0.3 is 0 Å². The van der Waals surface area contributed by atoms with E-state index in [1.807, 2.05) is 60.7 Å². The molecule has 0 unspecified atom stereocenters. The lowest BCUT2D eigenvalue weighted by Crippen LogP contribution is -2.51. The van der Waals surface area contributed by atoms with E-state index < -0.39 is 6.29 Å². The lowest BCUT2D eigenvalue weighted by atomic mass is 9.90. The molecule has 0 bridgehead atoms. The molecule has 3 N–H and O–H groups in total. The van der Waals surface area contributed by atoms with Gasteiger partial charge in [0, 0.05) is 67.7 Å². The van der Waals surface area contributed by atoms with Crippen molar-refractivity contribution >= 4 is 17.1 Å². The van der Waals surface area contributed by atoms with E-state index in [4.69, 9.17) is 15.2 Å². The summed E-state index contributed by atoms with van der Waals surface area (Å²) in [6, 6.07) is 22.3. The average Bonchev–Trinajstić information content (AvgIpc) is 2.94. The second kappa shape index (κ2) is 11.5. The van der Waals surface area contributed by atoms with Crippen LogP contribution in [0.2, 0.25) is 0 Å². The fraction of sp³-hybridized carbons (Fsp3) is 0.379. The molecule has 9 nitrogen and oxygen atoms in total. The molecule has 0 radical (unpaired) electrons. The fourth-order valence-electron chi connectivity index (χ4n) is 5.26. The number of benzene rings is 3. The number of nitro benzene ring substituents is 1. The number of nitrogens with zero attached hydrogens (tertiary/aromatic N) is 3. The molecule has 0 saturated carbocycles. The Morgan fingerprint density at radius 2 is 1.68 bits per heavy atom. The summed E-state index contributed by atoms with van der Waals surface area (Å²) in [5.41, 5.74) is 10.6. The second-order valence-electron chi connectivity index (χ2n) is 10.1. The number of non-ortho nitro benzene ring substituents is 1. The van der Waals surface area contributed by atoms with Gasteiger partial charge in [0.15, 0.2) is 6.29 Å². The molecule has 9 heteroatoms. The Bertz CT molecular complexity index is 1230. The fourth-order valence-corrected chi connectivity index (χ4v) is 5.26. The number of aliphatic hydroxyl groups is 1. The van der Waals surface area contributed by atoms with Gasteiger partial charge in [-0.2, -0.15) is 0 Å². The van der Waals surface area contributed by atoms with E-state index in [1.165, 1.54) is 0 Å². The summed E-state index contributed by atoms with van der Waals surface area (Å²) in [6.07, 6.45) is -0.776. The zero-order chi connectivity index (χ0) is 26.6. The topological polar surface area (TPSA) is 114 Å². The first-order chi connectivity index (χ1) is 18.4. The molecule has 2 aliphatic rings. The van der Waals surface area contributed by atoms with E-state index in [-0.39, 0.29) is 35.3 Å². The van der Waals surface area contributed by atoms with Crippen LogP contribution in [-0.4, -0.2) is 53.8 Å². The van der Waals surface area contributed by atoms with Crippen molar-refractivity contribution in [2.75, 3.05) is 43.4 Å². The molecule has 4 atom stereocenters. The van der Waals surface area contributed by atoms with Gasteiger partial charge in [0.1, 0.15) is 0 Å². The van der Waals surface area contributed by atoms with Gasteiger partial charge in [-0.3, -0.25) is 15.0 Å². The zero-order valence-electron chi connectivity index (χ0n) is 21.5. The Labute approximate surface area is 222 Å². The van der Waals surface area contributed by atoms with E-state index in [1.54, 1.807) is 12.1 Å². The Kier molecular flexibility index (Phi) is 7.90. The van der Waals surface area contributed by atoms with Crippen LogP contribution in [0.4, 0.5) is 17.1 Å². The number of piperazine rings is 1. The molecule has 0 spiro atoms. The number of nitrogens with two attached hydrogens (primary N) is 1. The molecule has 2 heterocycles. The van der Waals surface area contributed by atoms with Crippen molar-refractivity contribution in [3.8, 4) is 0 Å². The van der Waals surface area contributed by atoms with Crippen LogP contribution in [0, 0.1) is 16.0 Å². The van der Waals surface area contributed by atoms with E-state index >= 15 is 0 Å². The molecule has 38 heavy (non-hydrogen) atoms. The summed E-state index contributed by atoms with van der Waals surface area (Å²) in [5.74, 6) is 0.0972. The molecule has 2 aliphatic heterocycles. The summed E-state index contributed by atoms with van der Waals surface area (Å²) < 4.78 is 13.1. The second-order valence-corrected chi connectivity index (χ2v) is 10.1. The van der Waals surface area contributed by atoms with Gasteiger partial charge in [-0.25, -0.2) is 0 Å². The molecule has 200 valence electrons. The molecular weight excluding hydrogens is 484 g/mol. The Morgan fingerprint density at radius 3 is 2.32 bits per heavy atom. The maximum absolute atomic E-state index is 11.0. The van der Waals surface area contributed by atoms with E-state index in [0.29, 0.717) is 5.69 Å². The molecule has 2 saturated heterocycles. The molecule has 5 rings (SSSR count). The van der Waals surface area contributed by atoms with E-state index in [2.05, 4.69) is 16.7 Å². The number of nitrogen functional groups attached to an aromatic ring is 1. The largest absolute Gasteiger partial charge is 0.399 e. The van der Waals surface area contributed by atoms with Crippen molar-refractivity contribution in [1.29, 1.82) is 0 Å². The van der Waals surface area contributed by atoms with Crippen molar-refractivity contribution in [3.05, 3.63) is 99.6 Å². The standard InChI is InChI=1S/C29H34N4O5/c1-20-27(18-31-13-15-32(16-14-31)25-9-11-26(12-10-25)33(35)36)37-29(23-3-2-4-24(30)17-23)38-28(20)22-7-5-21(19-34)6-8-22/h2-12,17,20,27-29,34H,13-16,18-19,30H2,1H3/t20-,27+,28+,29+/m1/s1. The normalized spacial score (nSPS) is 24.3. The smallest absolute Gasteiger partial charge is 0.269 e. The number of nitro groups is 1. The summed E-state index contributed by atoms with van der Waals surface area (Å²) >= 11 is 0. The van der Waals surface area contributed by atoms with E-state index in [9.17, 15) is 15.2 Å². The lowest BCUT2D eigenvalue weighted by Gasteiger charge is -2.44. The predicted molar refractivity (Wildman–Crippen MR) is 146 cm³/mol. The Hall–Kier alpha value is -3.50. The Balaban J connectivity index is 1.29. The van der Waals surface area contributed by atoms with Crippen molar-refractivity contribution in [2.45, 2.75) is 32.0 Å². The third-order valence-corrected chi connectivity index (χ3v) is 7.54. The minimum absolute atomic E-state index is 0.00482. The molecule has 2 fully saturated rings. The highest BCUT2D eigenvalue weighted by molar-refractivity contribution is 5.51. The van der Waals surface area contributed by atoms with Gasteiger partial charge in [-0.1, -0.05) is 43.3 Å². The van der Waals surface area contributed by atoms with Crippen LogP contribution in [0.25, 0.3) is 0 Å². The molecule has 0 aliphatic carbocycles. The van der Waals surface area contributed by atoms with Gasteiger partial charge in [0.2, 0.25) is 0 Å². The van der Waals surface area contributed by atoms with Crippen molar-refractivity contribution in [1.82, 2.24) is 4.90 Å². The number of hydrogen-bond acceptors (Lipinski definition) is 8. The highest BCUT2D eigenvalue weighted by Gasteiger charge is 2.39. The van der Waals surface area contributed by atoms with Gasteiger partial charge in [0.05, 0.1) is 23.7 Å². The van der Waals surface area contributed by atoms with Crippen LogP contribution >= 0.6 is 0 Å². The Morgan fingerprint density at radius 1 is 0.974 bits per heavy atom. The van der Waals surface area contributed by atoms with Gasteiger partial charge < -0.3 is 25.2 Å². The average molecular weight is 519 g/mol. The van der Waals surface area contributed by atoms with Crippen LogP contribution in [0.5, 0.6) is 0 Å². The zero-order valence-corrected chi connectivity index (χ0v) is 21.5. The third kappa shape index (κ3) is 5.81. The highest BCUT2D eigenvalue weighted by Crippen LogP contribution is 2.42. The van der Waals surface area contributed by atoms with Crippen LogP contribution in [0.3, 0.4) is 0 Å². The van der Waals surface area contributed by atoms with E-state index in [0.717, 1.165) is 55.1 Å². The quantitative estimate of drug-likeness (QED) is 0.271. The number of anilines is 2. The summed E-state index contributed by atoms with van der Waals surface area (Å²) in [4.78, 5) is 15.3. The maximum Gasteiger partial charge on any atom is 0.269 e. The lowest BCUT2D eigenvalue weighted by molar-refractivity contribution is -0.384. The first-order valence-electron chi connectivity index (χ1n) is 13.0. The van der Waals surface area contributed by atoms with Gasteiger partial charge in [-0.05, 0) is 35.4 Å². The minimum Gasteiger partial charge on any atom is -0.399 e. The van der Waals surface area contributed by atoms with Crippen molar-refractivity contribution in [2.24, 2.45) is 5.92 Å². The number of hydrogen-bond donors (Lipinski definition) is 2. The van der Waals surface area contributed by atoms with Crippen molar-refractivity contribution in [3.63, 3.8) is 0 Å². The van der Waals surface area contributed by atoms with Gasteiger partial charge in [0.25, 0.3) is 5.69 Å². The van der Waals surface area contributed by atoms with Crippen LogP contribution in [0.15, 0.2) is 72.8 Å². The molecule has 0 aromatic heterocycles. The van der Waals surface area contributed by atoms with Crippen LogP contribution in [-0.2, 0) is 16.1 Å². The van der Waals surface area contributed by atoms with Gasteiger partial charge in [-0.15, -0.1) is 0 Å². The number of aliphatic hydroxyl groups excluding tert-OH is 1. The summed E-state index contributed by atoms with van der Waals surface area (Å²) in [5, 5.41) is 20.4. The molecular formula is C29H34N4O5. The summed E-state index contributed by atoms with van der Waals surface area (Å²) in [7, 11) is 0. The summed E-state index contributed by atoms with van der Waals surface area (Å²) in [6.45, 7) is 6.33. The molecule has 0 amide bonds.